The molecule has 0 spiro atoms. The van der Waals surface area contributed by atoms with Crippen molar-refractivity contribution in [2.24, 2.45) is 15.9 Å². The Hall–Kier alpha value is -6.00. The molecule has 3 heterocycles. The molecule has 1 aromatic heterocycles. The summed E-state index contributed by atoms with van der Waals surface area (Å²) in [6.45, 7) is 0. The number of aromatic nitrogens is 1. The van der Waals surface area contributed by atoms with Crippen molar-refractivity contribution in [1.29, 1.82) is 0 Å². The van der Waals surface area contributed by atoms with Crippen LogP contribution in [0.4, 0.5) is 5.69 Å². The molecular formula is C50H42N4. The fourth-order valence-electron chi connectivity index (χ4n) is 9.79. The quantitative estimate of drug-likeness (QED) is 0.184. The van der Waals surface area contributed by atoms with Crippen LogP contribution in [0.15, 0.2) is 167 Å². The molecule has 54 heavy (non-hydrogen) atoms. The van der Waals surface area contributed by atoms with Crippen LogP contribution in [0.5, 0.6) is 0 Å². The number of aryl methyl sites for hydroxylation is 1. The zero-order valence-corrected chi connectivity index (χ0v) is 30.4. The lowest BCUT2D eigenvalue weighted by molar-refractivity contribution is 0.663. The van der Waals surface area contributed by atoms with Gasteiger partial charge in [0.05, 0.1) is 23.3 Å². The van der Waals surface area contributed by atoms with Gasteiger partial charge in [-0.2, -0.15) is 0 Å². The van der Waals surface area contributed by atoms with Crippen molar-refractivity contribution in [3.05, 3.63) is 191 Å². The molecule has 2 aliphatic heterocycles. The van der Waals surface area contributed by atoms with E-state index in [-0.39, 0.29) is 12.0 Å². The first-order chi connectivity index (χ1) is 26.8. The molecule has 6 aliphatic rings. The van der Waals surface area contributed by atoms with Crippen LogP contribution in [0.3, 0.4) is 0 Å². The molecule has 0 radical (unpaired) electrons. The summed E-state index contributed by atoms with van der Waals surface area (Å²) in [6.07, 6.45) is 26.2. The molecular weight excluding hydrogens is 657 g/mol. The zero-order valence-electron chi connectivity index (χ0n) is 30.4. The van der Waals surface area contributed by atoms with Crippen molar-refractivity contribution in [3.8, 4) is 0 Å². The average Bonchev–Trinajstić information content (AvgIpc) is 3.76. The van der Waals surface area contributed by atoms with Gasteiger partial charge in [0.15, 0.2) is 0 Å². The molecule has 262 valence electrons. The van der Waals surface area contributed by atoms with E-state index in [1.807, 2.05) is 0 Å². The van der Waals surface area contributed by atoms with Crippen molar-refractivity contribution < 1.29 is 0 Å². The van der Waals surface area contributed by atoms with Crippen LogP contribution >= 0.6 is 0 Å². The Bertz CT molecular complexity index is 2590. The van der Waals surface area contributed by atoms with E-state index in [1.165, 1.54) is 85.4 Å². The minimum atomic E-state index is 0.0415. The summed E-state index contributed by atoms with van der Waals surface area (Å²) >= 11 is 0. The SMILES string of the molecule is C1=CC2N=C(n3c4c(c5cc(C6=CCC7C(=C6)c6ccccc6N7C6=CC(c7ccccc7)=CCC6)ccc53)CCCC4)N=C(c3ccccc3)C2C=C1. The number of fused-ring (bicyclic) bond motifs is 7. The first-order valence-electron chi connectivity index (χ1n) is 19.8. The molecule has 4 nitrogen and oxygen atoms in total. The van der Waals surface area contributed by atoms with Gasteiger partial charge in [-0.1, -0.05) is 121 Å². The van der Waals surface area contributed by atoms with E-state index in [4.69, 9.17) is 9.98 Å². The number of hydrogen-bond donors (Lipinski definition) is 0. The fourth-order valence-corrected chi connectivity index (χ4v) is 9.79. The topological polar surface area (TPSA) is 32.9 Å². The Morgan fingerprint density at radius 2 is 1.44 bits per heavy atom. The molecule has 4 aromatic carbocycles. The molecule has 4 aliphatic carbocycles. The van der Waals surface area contributed by atoms with Crippen LogP contribution in [0.25, 0.3) is 27.6 Å². The lowest BCUT2D eigenvalue weighted by Crippen LogP contribution is -2.34. The van der Waals surface area contributed by atoms with Crippen LogP contribution in [0.2, 0.25) is 0 Å². The second kappa shape index (κ2) is 12.8. The number of benzene rings is 4. The molecule has 11 rings (SSSR count). The molecule has 0 saturated carbocycles. The van der Waals surface area contributed by atoms with Gasteiger partial charge < -0.3 is 4.90 Å². The van der Waals surface area contributed by atoms with E-state index < -0.39 is 0 Å². The molecule has 0 bridgehead atoms. The van der Waals surface area contributed by atoms with Crippen molar-refractivity contribution in [1.82, 2.24) is 4.57 Å². The van der Waals surface area contributed by atoms with E-state index >= 15 is 0 Å². The van der Waals surface area contributed by atoms with Gasteiger partial charge in [0, 0.05) is 33.9 Å². The number of para-hydroxylation sites is 1. The van der Waals surface area contributed by atoms with Crippen LogP contribution < -0.4 is 4.90 Å². The highest BCUT2D eigenvalue weighted by Gasteiger charge is 2.37. The summed E-state index contributed by atoms with van der Waals surface area (Å²) in [6, 6.07) is 38.0. The third-order valence-corrected chi connectivity index (χ3v) is 12.3. The van der Waals surface area contributed by atoms with E-state index in [0.29, 0.717) is 6.04 Å². The minimum absolute atomic E-state index is 0.0415. The predicted octanol–water partition coefficient (Wildman–Crippen LogP) is 11.2. The standard InChI is InChI=1S/C50H42N4/c1-3-14-33(15-4-1)35-18-13-19-38(30-35)53-45-24-11-8-20-39(45)42-31-36(26-28-47(42)53)37-27-29-48-43(32-37)40-21-9-12-25-46(40)54(48)50-51-44-23-10-7-22-41(44)49(52-50)34-16-5-2-6-17-34/h1-8,10-11,14-18,20,22-24,26-27,29-32,41,44,47H,9,12-13,19,21,25,28H2. The van der Waals surface area contributed by atoms with Gasteiger partial charge in [-0.3, -0.25) is 4.57 Å². The maximum Gasteiger partial charge on any atom is 0.230 e. The highest BCUT2D eigenvalue weighted by molar-refractivity contribution is 6.13. The second-order valence-electron chi connectivity index (χ2n) is 15.4. The number of allylic oxidation sites excluding steroid dienone is 8. The predicted molar refractivity (Wildman–Crippen MR) is 225 cm³/mol. The zero-order chi connectivity index (χ0) is 35.6. The third kappa shape index (κ3) is 5.11. The fraction of sp³-hybridized carbons (Fsp3) is 0.200. The van der Waals surface area contributed by atoms with Crippen LogP contribution in [-0.2, 0) is 12.8 Å². The van der Waals surface area contributed by atoms with E-state index in [9.17, 15) is 0 Å². The summed E-state index contributed by atoms with van der Waals surface area (Å²) in [7, 11) is 0. The van der Waals surface area contributed by atoms with Crippen LogP contribution in [-0.4, -0.2) is 28.3 Å². The Morgan fingerprint density at radius 1 is 0.667 bits per heavy atom. The van der Waals surface area contributed by atoms with Crippen molar-refractivity contribution in [2.75, 3.05) is 4.90 Å². The van der Waals surface area contributed by atoms with Gasteiger partial charge in [-0.05, 0) is 114 Å². The molecule has 0 fully saturated rings. The highest BCUT2D eigenvalue weighted by Crippen LogP contribution is 2.49. The van der Waals surface area contributed by atoms with Crippen LogP contribution in [0.1, 0.15) is 65.6 Å². The summed E-state index contributed by atoms with van der Waals surface area (Å²) in [5.41, 5.74) is 17.1. The van der Waals surface area contributed by atoms with Crippen molar-refractivity contribution in [2.45, 2.75) is 57.0 Å². The molecule has 0 N–H and O–H groups in total. The first kappa shape index (κ1) is 31.5. The maximum atomic E-state index is 5.39. The lowest BCUT2D eigenvalue weighted by Gasteiger charge is -2.33. The minimum Gasteiger partial charge on any atom is -0.337 e. The summed E-state index contributed by atoms with van der Waals surface area (Å²) < 4.78 is 2.41. The molecule has 3 atom stereocenters. The molecule has 3 unspecified atom stereocenters. The molecule has 0 amide bonds. The monoisotopic (exact) mass is 698 g/mol. The van der Waals surface area contributed by atoms with E-state index in [1.54, 1.807) is 0 Å². The van der Waals surface area contributed by atoms with Gasteiger partial charge in [0.1, 0.15) is 0 Å². The Balaban J connectivity index is 0.979. The molecule has 4 heteroatoms. The van der Waals surface area contributed by atoms with Gasteiger partial charge in [0.2, 0.25) is 5.96 Å². The van der Waals surface area contributed by atoms with Gasteiger partial charge in [-0.25, -0.2) is 9.98 Å². The van der Waals surface area contributed by atoms with Crippen LogP contribution in [0, 0.1) is 5.92 Å². The second-order valence-corrected chi connectivity index (χ2v) is 15.4. The van der Waals surface area contributed by atoms with E-state index in [2.05, 4.69) is 161 Å². The summed E-state index contributed by atoms with van der Waals surface area (Å²) in [5, 5.41) is 1.35. The third-order valence-electron chi connectivity index (χ3n) is 12.3. The molecule has 0 saturated heterocycles. The summed E-state index contributed by atoms with van der Waals surface area (Å²) in [4.78, 5) is 13.4. The number of hydrogen-bond acceptors (Lipinski definition) is 3. The first-order valence-corrected chi connectivity index (χ1v) is 19.8. The smallest absolute Gasteiger partial charge is 0.230 e. The number of aliphatic imine (C=N–C) groups is 2. The largest absolute Gasteiger partial charge is 0.337 e. The average molecular weight is 699 g/mol. The van der Waals surface area contributed by atoms with Crippen molar-refractivity contribution in [3.63, 3.8) is 0 Å². The Morgan fingerprint density at radius 3 is 2.33 bits per heavy atom. The van der Waals surface area contributed by atoms with Crippen molar-refractivity contribution >= 4 is 45.0 Å². The Labute approximate surface area is 317 Å². The number of anilines is 1. The lowest BCUT2D eigenvalue weighted by atomic mass is 9.86. The molecule has 5 aromatic rings. The van der Waals surface area contributed by atoms with Gasteiger partial charge >= 0.3 is 0 Å². The van der Waals surface area contributed by atoms with Gasteiger partial charge in [0.25, 0.3) is 0 Å². The number of nitrogens with zero attached hydrogens (tertiary/aromatic N) is 4. The number of rotatable bonds is 4. The maximum absolute atomic E-state index is 5.39. The normalized spacial score (nSPS) is 22.6. The Kier molecular flexibility index (Phi) is 7.50. The summed E-state index contributed by atoms with van der Waals surface area (Å²) in [5.74, 6) is 0.969. The van der Waals surface area contributed by atoms with Gasteiger partial charge in [-0.15, -0.1) is 0 Å². The highest BCUT2D eigenvalue weighted by atomic mass is 15.2. The van der Waals surface area contributed by atoms with E-state index in [0.717, 1.165) is 43.8 Å².